The number of para-hydroxylation sites is 1. The minimum Gasteiger partial charge on any atom is -0.448 e. The molecule has 0 aliphatic rings. The van der Waals surface area contributed by atoms with Gasteiger partial charge in [-0.15, -0.1) is 0 Å². The molecule has 0 saturated heterocycles. The molecule has 0 radical (unpaired) electrons. The summed E-state index contributed by atoms with van der Waals surface area (Å²) in [5.74, 6) is -0.626. The first kappa shape index (κ1) is 13.8. The summed E-state index contributed by atoms with van der Waals surface area (Å²) in [7, 11) is 1.39. The fourth-order valence-electron chi connectivity index (χ4n) is 2.11. The number of fused-ring (bicyclic) bond motifs is 3. The topological polar surface area (TPSA) is 106 Å². The second kappa shape index (κ2) is 5.32. The molecular weight excluding hydrogens is 288 g/mol. The average Bonchev–Trinajstić information content (AvgIpc) is 2.89. The lowest BCUT2D eigenvalue weighted by Gasteiger charge is -2.05. The van der Waals surface area contributed by atoms with Crippen LogP contribution in [0.4, 0.5) is 4.79 Å². The number of hydrogen-bond acceptors (Lipinski definition) is 5. The lowest BCUT2D eigenvalue weighted by atomic mass is 10.2. The third-order valence-electron chi connectivity index (χ3n) is 3.14. The van der Waals surface area contributed by atoms with Crippen molar-refractivity contribution in [1.29, 1.82) is 0 Å². The summed E-state index contributed by atoms with van der Waals surface area (Å²) in [6.07, 6.45) is 1.26. The maximum atomic E-state index is 12.3. The van der Waals surface area contributed by atoms with Crippen molar-refractivity contribution in [2.45, 2.75) is 6.54 Å². The van der Waals surface area contributed by atoms with E-state index in [2.05, 4.69) is 15.6 Å². The number of furan rings is 1. The van der Waals surface area contributed by atoms with Crippen molar-refractivity contribution in [2.75, 3.05) is 7.05 Å². The summed E-state index contributed by atoms with van der Waals surface area (Å²) >= 11 is 0. The number of benzene rings is 1. The van der Waals surface area contributed by atoms with Gasteiger partial charge >= 0.3 is 6.03 Å². The number of carbonyl (C=O) groups is 2. The van der Waals surface area contributed by atoms with Crippen molar-refractivity contribution in [2.24, 2.45) is 0 Å². The molecule has 3 aromatic rings. The molecule has 0 fully saturated rings. The summed E-state index contributed by atoms with van der Waals surface area (Å²) in [5.41, 5.74) is 0.600. The molecule has 1 aromatic carbocycles. The Kier molecular flexibility index (Phi) is 3.34. The van der Waals surface area contributed by atoms with E-state index in [0.29, 0.717) is 11.1 Å². The molecule has 3 rings (SSSR count). The molecule has 0 unspecified atom stereocenters. The molecule has 0 spiro atoms. The minimum atomic E-state index is -0.643. The molecule has 2 heterocycles. The molecule has 112 valence electrons. The van der Waals surface area contributed by atoms with E-state index in [0.717, 1.165) is 9.95 Å². The van der Waals surface area contributed by atoms with Crippen LogP contribution in [0, 0.1) is 0 Å². The predicted molar refractivity (Wildman–Crippen MR) is 78.4 cm³/mol. The van der Waals surface area contributed by atoms with Crippen LogP contribution in [0.3, 0.4) is 0 Å². The molecule has 8 nitrogen and oxygen atoms in total. The SMILES string of the molecule is CNC(=O)NC(=O)Cn1cnc2c(oc3ccccc32)c1=O. The second-order valence-corrected chi connectivity index (χ2v) is 4.58. The minimum absolute atomic E-state index is 0.0800. The van der Waals surface area contributed by atoms with Crippen LogP contribution in [-0.4, -0.2) is 28.5 Å². The van der Waals surface area contributed by atoms with E-state index in [1.54, 1.807) is 18.2 Å². The molecule has 3 amide bonds. The summed E-state index contributed by atoms with van der Waals surface area (Å²) in [4.78, 5) is 39.2. The lowest BCUT2D eigenvalue weighted by molar-refractivity contribution is -0.120. The van der Waals surface area contributed by atoms with Crippen molar-refractivity contribution < 1.29 is 14.0 Å². The number of nitrogens with one attached hydrogen (secondary N) is 2. The van der Waals surface area contributed by atoms with Gasteiger partial charge in [0.05, 0.1) is 6.33 Å². The highest BCUT2D eigenvalue weighted by Crippen LogP contribution is 2.23. The van der Waals surface area contributed by atoms with Crippen molar-refractivity contribution >= 4 is 34.0 Å². The Bertz CT molecular complexity index is 941. The van der Waals surface area contributed by atoms with Gasteiger partial charge in [-0.1, -0.05) is 12.1 Å². The summed E-state index contributed by atoms with van der Waals surface area (Å²) in [5, 5.41) is 5.06. The van der Waals surface area contributed by atoms with Crippen LogP contribution in [0.1, 0.15) is 0 Å². The van der Waals surface area contributed by atoms with Gasteiger partial charge in [0.25, 0.3) is 5.56 Å². The second-order valence-electron chi connectivity index (χ2n) is 4.58. The zero-order chi connectivity index (χ0) is 15.7. The maximum Gasteiger partial charge on any atom is 0.321 e. The van der Waals surface area contributed by atoms with Gasteiger partial charge in [0.2, 0.25) is 11.5 Å². The monoisotopic (exact) mass is 300 g/mol. The Morgan fingerprint density at radius 3 is 2.86 bits per heavy atom. The quantitative estimate of drug-likeness (QED) is 0.720. The number of amides is 3. The van der Waals surface area contributed by atoms with Gasteiger partial charge in [0.1, 0.15) is 17.6 Å². The van der Waals surface area contributed by atoms with E-state index in [-0.39, 0.29) is 12.1 Å². The Balaban J connectivity index is 2.00. The van der Waals surface area contributed by atoms with Gasteiger partial charge in [-0.05, 0) is 12.1 Å². The molecule has 22 heavy (non-hydrogen) atoms. The van der Waals surface area contributed by atoms with E-state index >= 15 is 0 Å². The highest BCUT2D eigenvalue weighted by molar-refractivity contribution is 6.01. The van der Waals surface area contributed by atoms with E-state index in [1.807, 2.05) is 6.07 Å². The first-order chi connectivity index (χ1) is 10.6. The number of nitrogens with zero attached hydrogens (tertiary/aromatic N) is 2. The molecule has 0 atom stereocenters. The van der Waals surface area contributed by atoms with Crippen LogP contribution in [0.15, 0.2) is 39.8 Å². The first-order valence-corrected chi connectivity index (χ1v) is 6.48. The zero-order valence-corrected chi connectivity index (χ0v) is 11.6. The van der Waals surface area contributed by atoms with Gasteiger partial charge in [-0.3, -0.25) is 19.5 Å². The molecule has 2 aromatic heterocycles. The highest BCUT2D eigenvalue weighted by atomic mass is 16.3. The maximum absolute atomic E-state index is 12.3. The zero-order valence-electron chi connectivity index (χ0n) is 11.6. The van der Waals surface area contributed by atoms with Gasteiger partial charge in [0, 0.05) is 12.4 Å². The molecule has 2 N–H and O–H groups in total. The van der Waals surface area contributed by atoms with Gasteiger partial charge in [-0.25, -0.2) is 9.78 Å². The number of hydrogen-bond donors (Lipinski definition) is 2. The molecule has 0 aliphatic carbocycles. The fraction of sp³-hybridized carbons (Fsp3) is 0.143. The van der Waals surface area contributed by atoms with Gasteiger partial charge in [0.15, 0.2) is 0 Å². The number of aromatic nitrogens is 2. The van der Waals surface area contributed by atoms with Crippen molar-refractivity contribution in [3.05, 3.63) is 40.9 Å². The van der Waals surface area contributed by atoms with Gasteiger partial charge in [-0.2, -0.15) is 0 Å². The predicted octanol–water partition coefficient (Wildman–Crippen LogP) is 0.598. The van der Waals surface area contributed by atoms with Crippen LogP contribution < -0.4 is 16.2 Å². The van der Waals surface area contributed by atoms with Crippen molar-refractivity contribution in [1.82, 2.24) is 20.2 Å². The first-order valence-electron chi connectivity index (χ1n) is 6.48. The van der Waals surface area contributed by atoms with Crippen LogP contribution in [0.2, 0.25) is 0 Å². The number of carbonyl (C=O) groups excluding carboxylic acids is 2. The summed E-state index contributed by atoms with van der Waals surface area (Å²) in [6, 6.07) is 6.51. The van der Waals surface area contributed by atoms with E-state index in [4.69, 9.17) is 4.42 Å². The molecular formula is C14H12N4O4. The van der Waals surface area contributed by atoms with Gasteiger partial charge < -0.3 is 9.73 Å². The summed E-state index contributed by atoms with van der Waals surface area (Å²) in [6.45, 7) is -0.327. The Hall–Kier alpha value is -3.16. The van der Waals surface area contributed by atoms with Crippen molar-refractivity contribution in [3.63, 3.8) is 0 Å². The van der Waals surface area contributed by atoms with Crippen molar-refractivity contribution in [3.8, 4) is 0 Å². The van der Waals surface area contributed by atoms with Crippen LogP contribution in [-0.2, 0) is 11.3 Å². The smallest absolute Gasteiger partial charge is 0.321 e. The third kappa shape index (κ3) is 2.30. The largest absolute Gasteiger partial charge is 0.448 e. The van der Waals surface area contributed by atoms with Crippen LogP contribution in [0.5, 0.6) is 0 Å². The number of urea groups is 1. The standard InChI is InChI=1S/C14H12N4O4/c1-15-14(21)17-10(19)6-18-7-16-11-8-4-2-3-5-9(8)22-12(11)13(18)20/h2-5,7H,6H2,1H3,(H2,15,17,19,21). The molecule has 0 saturated carbocycles. The number of rotatable bonds is 2. The Morgan fingerprint density at radius 1 is 1.32 bits per heavy atom. The van der Waals surface area contributed by atoms with Crippen LogP contribution in [0.25, 0.3) is 22.1 Å². The normalized spacial score (nSPS) is 10.8. The van der Waals surface area contributed by atoms with E-state index in [9.17, 15) is 14.4 Å². The highest BCUT2D eigenvalue weighted by Gasteiger charge is 2.15. The number of imide groups is 1. The fourth-order valence-corrected chi connectivity index (χ4v) is 2.11. The lowest BCUT2D eigenvalue weighted by Crippen LogP contribution is -2.40. The molecule has 8 heteroatoms. The Labute approximate surface area is 123 Å². The molecule has 0 bridgehead atoms. The van der Waals surface area contributed by atoms with E-state index < -0.39 is 17.5 Å². The van der Waals surface area contributed by atoms with Crippen LogP contribution >= 0.6 is 0 Å². The third-order valence-corrected chi connectivity index (χ3v) is 3.14. The average molecular weight is 300 g/mol. The van der Waals surface area contributed by atoms with E-state index in [1.165, 1.54) is 13.4 Å². The molecule has 0 aliphatic heterocycles. The Morgan fingerprint density at radius 2 is 2.09 bits per heavy atom. The summed E-state index contributed by atoms with van der Waals surface area (Å²) < 4.78 is 6.59.